The summed E-state index contributed by atoms with van der Waals surface area (Å²) in [6, 6.07) is 0. The average Bonchev–Trinajstić information content (AvgIpc) is 1.37. The Labute approximate surface area is 49.7 Å². The van der Waals surface area contributed by atoms with Gasteiger partial charge in [0.1, 0.15) is 0 Å². The first-order valence-corrected chi connectivity index (χ1v) is 1.40. The van der Waals surface area contributed by atoms with Crippen molar-refractivity contribution in [3.05, 3.63) is 0 Å². The minimum Gasteiger partial charge on any atom is -0.385 e. The van der Waals surface area contributed by atoms with E-state index in [-0.39, 0.29) is 24.0 Å². The molecule has 0 aliphatic carbocycles. The van der Waals surface area contributed by atoms with Crippen molar-refractivity contribution in [1.29, 1.82) is 0 Å². The fraction of sp³-hybridized carbons (Fsp3) is 1.00. The predicted molar refractivity (Wildman–Crippen MR) is 33.0 cm³/mol. The van der Waals surface area contributed by atoms with Crippen LogP contribution in [0.25, 0.3) is 0 Å². The monoisotopic (exact) mass is 188 g/mol. The van der Waals surface area contributed by atoms with Crippen LogP contribution in [-0.4, -0.2) is 13.7 Å². The van der Waals surface area contributed by atoms with Crippen molar-refractivity contribution in [3.63, 3.8) is 0 Å². The number of methoxy groups -OCH3 is 1. The largest absolute Gasteiger partial charge is 0.385 e. The summed E-state index contributed by atoms with van der Waals surface area (Å²) in [5.41, 5.74) is 0. The van der Waals surface area contributed by atoms with E-state index in [0.29, 0.717) is 0 Å². The zero-order chi connectivity index (χ0) is 3.41. The molecule has 5 heavy (non-hydrogen) atoms. The second-order valence-electron chi connectivity index (χ2n) is 0.577. The van der Waals surface area contributed by atoms with Gasteiger partial charge in [0.25, 0.3) is 0 Å². The zero-order valence-electron chi connectivity index (χ0n) is 3.52. The maximum absolute atomic E-state index is 4.54. The van der Waals surface area contributed by atoms with Crippen molar-refractivity contribution in [2.45, 2.75) is 6.92 Å². The number of rotatable bonds is 1. The molecular formula is C3H9IO. The Morgan fingerprint density at radius 3 is 1.80 bits per heavy atom. The first-order valence-electron chi connectivity index (χ1n) is 1.40. The van der Waals surface area contributed by atoms with Gasteiger partial charge in [0.05, 0.1) is 0 Å². The molecule has 0 fully saturated rings. The Morgan fingerprint density at radius 2 is 1.80 bits per heavy atom. The molecule has 0 aliphatic rings. The van der Waals surface area contributed by atoms with Crippen LogP contribution < -0.4 is 0 Å². The van der Waals surface area contributed by atoms with E-state index in [1.807, 2.05) is 6.92 Å². The van der Waals surface area contributed by atoms with E-state index in [2.05, 4.69) is 4.74 Å². The molecule has 0 aromatic heterocycles. The van der Waals surface area contributed by atoms with Gasteiger partial charge >= 0.3 is 0 Å². The van der Waals surface area contributed by atoms with Gasteiger partial charge in [-0.15, -0.1) is 24.0 Å². The molecule has 0 spiro atoms. The van der Waals surface area contributed by atoms with Crippen LogP contribution in [0.2, 0.25) is 0 Å². The number of hydrogen-bond donors (Lipinski definition) is 0. The molecule has 0 aromatic rings. The Balaban J connectivity index is 0. The van der Waals surface area contributed by atoms with Crippen LogP contribution in [0, 0.1) is 0 Å². The van der Waals surface area contributed by atoms with E-state index < -0.39 is 0 Å². The van der Waals surface area contributed by atoms with Gasteiger partial charge in [-0.1, -0.05) is 0 Å². The molecule has 0 amide bonds. The van der Waals surface area contributed by atoms with Crippen LogP contribution in [-0.2, 0) is 4.74 Å². The fourth-order valence-electron chi connectivity index (χ4n) is 0. The number of ether oxygens (including phenoxy) is 1. The van der Waals surface area contributed by atoms with Crippen molar-refractivity contribution in [1.82, 2.24) is 0 Å². The first kappa shape index (κ1) is 9.19. The summed E-state index contributed by atoms with van der Waals surface area (Å²) < 4.78 is 4.54. The van der Waals surface area contributed by atoms with E-state index in [0.717, 1.165) is 6.61 Å². The van der Waals surface area contributed by atoms with E-state index in [1.165, 1.54) is 0 Å². The maximum atomic E-state index is 4.54. The third-order valence-corrected chi connectivity index (χ3v) is 0.289. The Hall–Kier alpha value is 0.690. The molecule has 34 valence electrons. The molecule has 0 saturated heterocycles. The van der Waals surface area contributed by atoms with Gasteiger partial charge in [-0.25, -0.2) is 0 Å². The highest BCUT2D eigenvalue weighted by Gasteiger charge is 1.51. The van der Waals surface area contributed by atoms with E-state index in [9.17, 15) is 0 Å². The van der Waals surface area contributed by atoms with Gasteiger partial charge in [-0.2, -0.15) is 0 Å². The van der Waals surface area contributed by atoms with Crippen LogP contribution in [0.3, 0.4) is 0 Å². The normalized spacial score (nSPS) is 6.00. The van der Waals surface area contributed by atoms with Gasteiger partial charge in [-0.3, -0.25) is 0 Å². The molecule has 0 atom stereocenters. The second kappa shape index (κ2) is 8.83. The lowest BCUT2D eigenvalue weighted by atomic mass is 10.9. The molecule has 0 unspecified atom stereocenters. The summed E-state index contributed by atoms with van der Waals surface area (Å²) >= 11 is 0. The number of hydrogen-bond acceptors (Lipinski definition) is 1. The molecule has 0 bridgehead atoms. The van der Waals surface area contributed by atoms with Crippen LogP contribution in [0.1, 0.15) is 6.92 Å². The highest BCUT2D eigenvalue weighted by molar-refractivity contribution is 14.0. The SMILES string of the molecule is CCOC.I. The van der Waals surface area contributed by atoms with Crippen molar-refractivity contribution < 1.29 is 4.74 Å². The summed E-state index contributed by atoms with van der Waals surface area (Å²) in [5.74, 6) is 0. The minimum atomic E-state index is 0. The standard InChI is InChI=1S/C3H8O.HI/c1-3-4-2;/h3H2,1-2H3;1H. The molecular weight excluding hydrogens is 179 g/mol. The van der Waals surface area contributed by atoms with Crippen LogP contribution >= 0.6 is 24.0 Å². The lowest BCUT2D eigenvalue weighted by Crippen LogP contribution is -1.73. The second-order valence-corrected chi connectivity index (χ2v) is 0.577. The zero-order valence-corrected chi connectivity index (χ0v) is 5.85. The summed E-state index contributed by atoms with van der Waals surface area (Å²) in [7, 11) is 1.68. The predicted octanol–water partition coefficient (Wildman–Crippen LogP) is 1.27. The lowest BCUT2D eigenvalue weighted by Gasteiger charge is -1.76. The third-order valence-electron chi connectivity index (χ3n) is 0.289. The van der Waals surface area contributed by atoms with Gasteiger partial charge in [0.2, 0.25) is 0 Å². The molecule has 0 heterocycles. The lowest BCUT2D eigenvalue weighted by molar-refractivity contribution is 0.215. The van der Waals surface area contributed by atoms with E-state index >= 15 is 0 Å². The topological polar surface area (TPSA) is 9.23 Å². The summed E-state index contributed by atoms with van der Waals surface area (Å²) in [6.45, 7) is 2.78. The Morgan fingerprint density at radius 1 is 1.60 bits per heavy atom. The molecule has 0 rings (SSSR count). The smallest absolute Gasteiger partial charge is 0.0433 e. The van der Waals surface area contributed by atoms with Crippen LogP contribution in [0.4, 0.5) is 0 Å². The molecule has 1 nitrogen and oxygen atoms in total. The van der Waals surface area contributed by atoms with Crippen molar-refractivity contribution in [3.8, 4) is 0 Å². The van der Waals surface area contributed by atoms with Crippen molar-refractivity contribution in [2.75, 3.05) is 13.7 Å². The highest BCUT2D eigenvalue weighted by atomic mass is 127. The molecule has 0 aromatic carbocycles. The summed E-state index contributed by atoms with van der Waals surface area (Å²) in [6.07, 6.45) is 0. The quantitative estimate of drug-likeness (QED) is 0.563. The first-order chi connectivity index (χ1) is 1.91. The van der Waals surface area contributed by atoms with Gasteiger partial charge in [0, 0.05) is 13.7 Å². The number of halogens is 1. The minimum absolute atomic E-state index is 0. The summed E-state index contributed by atoms with van der Waals surface area (Å²) in [4.78, 5) is 0. The van der Waals surface area contributed by atoms with E-state index in [4.69, 9.17) is 0 Å². The molecule has 0 aliphatic heterocycles. The van der Waals surface area contributed by atoms with Crippen molar-refractivity contribution >= 4 is 24.0 Å². The molecule has 2 heteroatoms. The Kier molecular flexibility index (Phi) is 16.2. The molecule has 0 radical (unpaired) electrons. The van der Waals surface area contributed by atoms with Crippen LogP contribution in [0.15, 0.2) is 0 Å². The van der Waals surface area contributed by atoms with Gasteiger partial charge in [-0.05, 0) is 6.92 Å². The molecule has 0 N–H and O–H groups in total. The molecule has 0 saturated carbocycles. The fourth-order valence-corrected chi connectivity index (χ4v) is 0. The summed E-state index contributed by atoms with van der Waals surface area (Å²) in [5, 5.41) is 0. The van der Waals surface area contributed by atoms with E-state index in [1.54, 1.807) is 7.11 Å². The average molecular weight is 188 g/mol. The Bertz CT molecular complexity index is 8.85. The van der Waals surface area contributed by atoms with Gasteiger partial charge in [0.15, 0.2) is 0 Å². The van der Waals surface area contributed by atoms with Gasteiger partial charge < -0.3 is 4.74 Å². The maximum Gasteiger partial charge on any atom is 0.0433 e. The van der Waals surface area contributed by atoms with Crippen molar-refractivity contribution in [2.24, 2.45) is 0 Å². The third kappa shape index (κ3) is 11.9. The highest BCUT2D eigenvalue weighted by Crippen LogP contribution is 1.52. The van der Waals surface area contributed by atoms with Crippen LogP contribution in [0.5, 0.6) is 0 Å².